The van der Waals surface area contributed by atoms with Gasteiger partial charge >= 0.3 is 5.97 Å². The maximum absolute atomic E-state index is 12.3. The zero-order valence-corrected chi connectivity index (χ0v) is 13.1. The van der Waals surface area contributed by atoms with E-state index in [9.17, 15) is 9.59 Å². The Morgan fingerprint density at radius 1 is 1.40 bits per heavy atom. The van der Waals surface area contributed by atoms with Crippen molar-refractivity contribution in [3.8, 4) is 0 Å². The molecule has 1 rings (SSSR count). The topological polar surface area (TPSA) is 68.7 Å². The van der Waals surface area contributed by atoms with Gasteiger partial charge in [-0.15, -0.1) is 0 Å². The van der Waals surface area contributed by atoms with Crippen LogP contribution < -0.4 is 0 Å². The highest BCUT2D eigenvalue weighted by atomic mass is 79.9. The van der Waals surface area contributed by atoms with E-state index < -0.39 is 5.97 Å². The van der Waals surface area contributed by atoms with E-state index in [1.165, 1.54) is 12.0 Å². The number of amides is 1. The lowest BCUT2D eigenvalue weighted by atomic mass is 10.3. The number of nitrogens with zero attached hydrogens (tertiary/aromatic N) is 2. The number of carbonyl (C=O) groups excluding carboxylic acids is 2. The van der Waals surface area contributed by atoms with Gasteiger partial charge in [0.2, 0.25) is 0 Å². The highest BCUT2D eigenvalue weighted by molar-refractivity contribution is 9.10. The summed E-state index contributed by atoms with van der Waals surface area (Å²) in [5.41, 5.74) is 0.264. The number of pyridine rings is 1. The molecule has 20 heavy (non-hydrogen) atoms. The van der Waals surface area contributed by atoms with Gasteiger partial charge in [-0.1, -0.05) is 6.07 Å². The van der Waals surface area contributed by atoms with E-state index >= 15 is 0 Å². The first-order valence-electron chi connectivity index (χ1n) is 6.14. The summed E-state index contributed by atoms with van der Waals surface area (Å²) in [6.45, 7) is 2.50. The monoisotopic (exact) mass is 344 g/mol. The van der Waals surface area contributed by atoms with Crippen molar-refractivity contribution < 1.29 is 19.1 Å². The molecular formula is C13H17BrN2O4. The van der Waals surface area contributed by atoms with Crippen LogP contribution in [-0.4, -0.2) is 55.2 Å². The Bertz CT molecular complexity index is 467. The zero-order valence-electron chi connectivity index (χ0n) is 11.5. The van der Waals surface area contributed by atoms with Gasteiger partial charge in [-0.3, -0.25) is 9.59 Å². The summed E-state index contributed by atoms with van der Waals surface area (Å²) in [6.07, 6.45) is 0. The smallest absolute Gasteiger partial charge is 0.325 e. The first-order valence-corrected chi connectivity index (χ1v) is 6.94. The normalized spacial score (nSPS) is 10.2. The van der Waals surface area contributed by atoms with Gasteiger partial charge < -0.3 is 14.4 Å². The molecule has 0 bridgehead atoms. The molecule has 7 heteroatoms. The summed E-state index contributed by atoms with van der Waals surface area (Å²) in [5, 5.41) is 0. The number of methoxy groups -OCH3 is 1. The molecule has 0 saturated heterocycles. The SMILES string of the molecule is CCOC(=O)CN(CCOC)C(=O)c1cccc(Br)n1. The lowest BCUT2D eigenvalue weighted by Gasteiger charge is -2.20. The van der Waals surface area contributed by atoms with Gasteiger partial charge in [0.15, 0.2) is 0 Å². The molecule has 1 heterocycles. The number of halogens is 1. The standard InChI is InChI=1S/C13H17BrN2O4/c1-3-20-12(17)9-16(7-8-19-2)13(18)10-5-4-6-11(14)15-10/h4-6H,3,7-9H2,1-2H3. The summed E-state index contributed by atoms with van der Waals surface area (Å²) in [6, 6.07) is 5.03. The molecule has 1 aromatic heterocycles. The number of hydrogen-bond donors (Lipinski definition) is 0. The van der Waals surface area contributed by atoms with Crippen LogP contribution in [-0.2, 0) is 14.3 Å². The van der Waals surface area contributed by atoms with Crippen LogP contribution in [0.1, 0.15) is 17.4 Å². The first-order chi connectivity index (χ1) is 9.58. The third-order valence-electron chi connectivity index (χ3n) is 2.41. The summed E-state index contributed by atoms with van der Waals surface area (Å²) >= 11 is 3.21. The van der Waals surface area contributed by atoms with Crippen LogP contribution >= 0.6 is 15.9 Å². The second-order valence-corrected chi connectivity index (χ2v) is 4.68. The van der Waals surface area contributed by atoms with Crippen LogP contribution in [0.5, 0.6) is 0 Å². The predicted molar refractivity (Wildman–Crippen MR) is 76.3 cm³/mol. The second kappa shape index (κ2) is 8.65. The molecule has 1 amide bonds. The average Bonchev–Trinajstić information content (AvgIpc) is 2.43. The molecule has 0 fully saturated rings. The Hall–Kier alpha value is -1.47. The zero-order chi connectivity index (χ0) is 15.0. The molecule has 6 nitrogen and oxygen atoms in total. The number of hydrogen-bond acceptors (Lipinski definition) is 5. The van der Waals surface area contributed by atoms with Crippen molar-refractivity contribution in [2.75, 3.05) is 33.4 Å². The molecule has 0 atom stereocenters. The van der Waals surface area contributed by atoms with Gasteiger partial charge in [0.1, 0.15) is 16.8 Å². The van der Waals surface area contributed by atoms with Gasteiger partial charge in [-0.05, 0) is 35.0 Å². The van der Waals surface area contributed by atoms with Crippen LogP contribution in [0.15, 0.2) is 22.8 Å². The lowest BCUT2D eigenvalue weighted by molar-refractivity contribution is -0.143. The molecule has 0 N–H and O–H groups in total. The third kappa shape index (κ3) is 5.26. The van der Waals surface area contributed by atoms with Crippen molar-refractivity contribution in [1.29, 1.82) is 0 Å². The highest BCUT2D eigenvalue weighted by Crippen LogP contribution is 2.09. The van der Waals surface area contributed by atoms with E-state index in [1.807, 2.05) is 0 Å². The highest BCUT2D eigenvalue weighted by Gasteiger charge is 2.20. The molecule has 0 unspecified atom stereocenters. The Balaban J connectivity index is 2.80. The number of aromatic nitrogens is 1. The van der Waals surface area contributed by atoms with Crippen molar-refractivity contribution in [1.82, 2.24) is 9.88 Å². The molecule has 0 aromatic carbocycles. The quantitative estimate of drug-likeness (QED) is 0.553. The maximum Gasteiger partial charge on any atom is 0.325 e. The Morgan fingerprint density at radius 2 is 2.15 bits per heavy atom. The Labute approximate surface area is 126 Å². The number of carbonyl (C=O) groups is 2. The molecule has 0 spiro atoms. The van der Waals surface area contributed by atoms with Crippen molar-refractivity contribution >= 4 is 27.8 Å². The molecular weight excluding hydrogens is 328 g/mol. The molecule has 1 aromatic rings. The Morgan fingerprint density at radius 3 is 2.75 bits per heavy atom. The van der Waals surface area contributed by atoms with E-state index in [4.69, 9.17) is 9.47 Å². The minimum absolute atomic E-state index is 0.121. The van der Waals surface area contributed by atoms with Crippen LogP contribution in [0, 0.1) is 0 Å². The minimum Gasteiger partial charge on any atom is -0.465 e. The van der Waals surface area contributed by atoms with Crippen LogP contribution in [0.3, 0.4) is 0 Å². The molecule has 0 aliphatic heterocycles. The van der Waals surface area contributed by atoms with Gasteiger partial charge in [-0.2, -0.15) is 0 Å². The summed E-state index contributed by atoms with van der Waals surface area (Å²) in [5.74, 6) is -0.789. The van der Waals surface area contributed by atoms with Gasteiger partial charge in [0.05, 0.1) is 13.2 Å². The lowest BCUT2D eigenvalue weighted by Crippen LogP contribution is -2.39. The molecule has 110 valence electrons. The summed E-state index contributed by atoms with van der Waals surface area (Å²) in [4.78, 5) is 29.3. The van der Waals surface area contributed by atoms with Gasteiger partial charge in [0.25, 0.3) is 5.91 Å². The van der Waals surface area contributed by atoms with Crippen molar-refractivity contribution in [3.05, 3.63) is 28.5 Å². The molecule has 0 radical (unpaired) electrons. The summed E-state index contributed by atoms with van der Waals surface area (Å²) in [7, 11) is 1.53. The fraction of sp³-hybridized carbons (Fsp3) is 0.462. The summed E-state index contributed by atoms with van der Waals surface area (Å²) < 4.78 is 10.4. The largest absolute Gasteiger partial charge is 0.465 e. The van der Waals surface area contributed by atoms with E-state index in [-0.39, 0.29) is 24.8 Å². The van der Waals surface area contributed by atoms with E-state index in [1.54, 1.807) is 25.1 Å². The van der Waals surface area contributed by atoms with Crippen LogP contribution in [0.25, 0.3) is 0 Å². The van der Waals surface area contributed by atoms with Crippen LogP contribution in [0.2, 0.25) is 0 Å². The fourth-order valence-electron chi connectivity index (χ4n) is 1.51. The average molecular weight is 345 g/mol. The van der Waals surface area contributed by atoms with Crippen molar-refractivity contribution in [3.63, 3.8) is 0 Å². The number of esters is 1. The fourth-order valence-corrected chi connectivity index (χ4v) is 1.85. The van der Waals surface area contributed by atoms with Gasteiger partial charge in [-0.25, -0.2) is 4.98 Å². The number of rotatable bonds is 7. The van der Waals surface area contributed by atoms with Crippen molar-refractivity contribution in [2.24, 2.45) is 0 Å². The van der Waals surface area contributed by atoms with E-state index in [2.05, 4.69) is 20.9 Å². The first kappa shape index (κ1) is 16.6. The molecule has 0 saturated carbocycles. The third-order valence-corrected chi connectivity index (χ3v) is 2.85. The van der Waals surface area contributed by atoms with Crippen molar-refractivity contribution in [2.45, 2.75) is 6.92 Å². The molecule has 0 aliphatic rings. The van der Waals surface area contributed by atoms with E-state index in [0.717, 1.165) is 0 Å². The molecule has 0 aliphatic carbocycles. The maximum atomic E-state index is 12.3. The second-order valence-electron chi connectivity index (χ2n) is 3.87. The van der Waals surface area contributed by atoms with E-state index in [0.29, 0.717) is 17.8 Å². The van der Waals surface area contributed by atoms with Gasteiger partial charge in [0, 0.05) is 13.7 Å². The minimum atomic E-state index is -0.452. The predicted octanol–water partition coefficient (Wildman–Crippen LogP) is 1.50. The Kier molecular flexibility index (Phi) is 7.17. The van der Waals surface area contributed by atoms with Crippen LogP contribution in [0.4, 0.5) is 0 Å². The number of ether oxygens (including phenoxy) is 2.